The summed E-state index contributed by atoms with van der Waals surface area (Å²) >= 11 is 0. The first-order chi connectivity index (χ1) is 10.8. The van der Waals surface area contributed by atoms with Crippen LogP contribution in [0.25, 0.3) is 10.9 Å². The third-order valence-electron chi connectivity index (χ3n) is 4.39. The van der Waals surface area contributed by atoms with Crippen molar-refractivity contribution in [3.05, 3.63) is 59.4 Å². The number of aryl methyl sites for hydroxylation is 1. The quantitative estimate of drug-likeness (QED) is 0.873. The number of hydrogen-bond donors (Lipinski definition) is 2. The van der Waals surface area contributed by atoms with Crippen LogP contribution in [0, 0.1) is 17.2 Å². The molecule has 3 heteroatoms. The van der Waals surface area contributed by atoms with E-state index in [4.69, 9.17) is 5.26 Å². The zero-order valence-electron chi connectivity index (χ0n) is 12.9. The summed E-state index contributed by atoms with van der Waals surface area (Å²) in [6.07, 6.45) is 13.0. The maximum Gasteiger partial charge on any atom is 0.101 e. The summed E-state index contributed by atoms with van der Waals surface area (Å²) < 4.78 is 0. The first-order valence-electron chi connectivity index (χ1n) is 7.85. The van der Waals surface area contributed by atoms with E-state index < -0.39 is 0 Å². The minimum absolute atomic E-state index is 0.637. The van der Waals surface area contributed by atoms with E-state index in [-0.39, 0.29) is 0 Å². The number of benzene rings is 1. The molecule has 112 valence electrons. The smallest absolute Gasteiger partial charge is 0.101 e. The molecule has 22 heavy (non-hydrogen) atoms. The molecule has 1 aromatic heterocycles. The van der Waals surface area contributed by atoms with Gasteiger partial charge in [-0.2, -0.15) is 5.26 Å². The number of H-pyrrole nitrogens is 1. The van der Waals surface area contributed by atoms with Gasteiger partial charge in [-0.15, -0.1) is 0 Å². The molecule has 1 unspecified atom stereocenters. The Kier molecular flexibility index (Phi) is 4.29. The summed E-state index contributed by atoms with van der Waals surface area (Å²) in [5.41, 5.74) is 4.41. The van der Waals surface area contributed by atoms with Crippen molar-refractivity contribution in [2.24, 2.45) is 5.92 Å². The molecular formula is C19H21N3. The lowest BCUT2D eigenvalue weighted by atomic mass is 9.92. The van der Waals surface area contributed by atoms with Crippen LogP contribution in [0.3, 0.4) is 0 Å². The Morgan fingerprint density at radius 3 is 3.14 bits per heavy atom. The second-order valence-corrected chi connectivity index (χ2v) is 5.88. The van der Waals surface area contributed by atoms with Crippen LogP contribution in [0.15, 0.2) is 48.3 Å². The fraction of sp³-hybridized carbons (Fsp3) is 0.316. The van der Waals surface area contributed by atoms with Crippen LogP contribution >= 0.6 is 0 Å². The van der Waals surface area contributed by atoms with E-state index in [0.717, 1.165) is 29.3 Å². The zero-order chi connectivity index (χ0) is 15.4. The Morgan fingerprint density at radius 1 is 1.41 bits per heavy atom. The predicted molar refractivity (Wildman–Crippen MR) is 90.3 cm³/mol. The van der Waals surface area contributed by atoms with Gasteiger partial charge in [0.1, 0.15) is 6.07 Å². The predicted octanol–water partition coefficient (Wildman–Crippen LogP) is 4.04. The molecule has 0 saturated carbocycles. The average molecular weight is 291 g/mol. The van der Waals surface area contributed by atoms with Crippen LogP contribution in [0.2, 0.25) is 0 Å². The van der Waals surface area contributed by atoms with Gasteiger partial charge in [0.15, 0.2) is 0 Å². The highest BCUT2D eigenvalue weighted by Crippen LogP contribution is 2.24. The lowest BCUT2D eigenvalue weighted by molar-refractivity contribution is 0.539. The number of fused-ring (bicyclic) bond motifs is 1. The average Bonchev–Trinajstić information content (AvgIpc) is 2.97. The second-order valence-electron chi connectivity index (χ2n) is 5.88. The van der Waals surface area contributed by atoms with Crippen LogP contribution in [-0.4, -0.2) is 12.0 Å². The highest BCUT2D eigenvalue weighted by molar-refractivity contribution is 5.86. The van der Waals surface area contributed by atoms with Crippen LogP contribution in [-0.2, 0) is 6.42 Å². The van der Waals surface area contributed by atoms with Gasteiger partial charge in [0.05, 0.1) is 5.56 Å². The lowest BCUT2D eigenvalue weighted by Crippen LogP contribution is -2.12. The third-order valence-corrected chi connectivity index (χ3v) is 4.39. The topological polar surface area (TPSA) is 51.6 Å². The fourth-order valence-corrected chi connectivity index (χ4v) is 3.12. The summed E-state index contributed by atoms with van der Waals surface area (Å²) in [5.74, 6) is 0.637. The zero-order valence-corrected chi connectivity index (χ0v) is 12.9. The molecule has 0 spiro atoms. The van der Waals surface area contributed by atoms with Crippen molar-refractivity contribution in [2.75, 3.05) is 7.05 Å². The van der Waals surface area contributed by atoms with E-state index in [2.05, 4.69) is 52.8 Å². The van der Waals surface area contributed by atoms with E-state index in [0.29, 0.717) is 5.92 Å². The van der Waals surface area contributed by atoms with Gasteiger partial charge in [-0.05, 0) is 55.4 Å². The lowest BCUT2D eigenvalue weighted by Gasteiger charge is -2.18. The van der Waals surface area contributed by atoms with E-state index in [1.807, 2.05) is 7.05 Å². The molecule has 1 aliphatic carbocycles. The molecule has 1 atom stereocenters. The minimum Gasteiger partial charge on any atom is -0.391 e. The normalized spacial score (nSPS) is 17.3. The number of aromatic amines is 1. The van der Waals surface area contributed by atoms with E-state index in [1.54, 1.807) is 6.20 Å². The first kappa shape index (κ1) is 14.5. The van der Waals surface area contributed by atoms with Crippen molar-refractivity contribution >= 4 is 10.9 Å². The van der Waals surface area contributed by atoms with Crippen molar-refractivity contribution in [1.82, 2.24) is 10.3 Å². The van der Waals surface area contributed by atoms with Crippen molar-refractivity contribution < 1.29 is 0 Å². The maximum absolute atomic E-state index is 9.12. The molecule has 0 bridgehead atoms. The number of rotatable bonds is 5. The van der Waals surface area contributed by atoms with Crippen LogP contribution in [0.1, 0.15) is 30.4 Å². The van der Waals surface area contributed by atoms with Crippen molar-refractivity contribution in [1.29, 1.82) is 5.26 Å². The summed E-state index contributed by atoms with van der Waals surface area (Å²) in [6.45, 7) is 0. The monoisotopic (exact) mass is 291 g/mol. The third kappa shape index (κ3) is 3.07. The number of nitrogens with zero attached hydrogens (tertiary/aromatic N) is 1. The molecule has 1 heterocycles. The highest BCUT2D eigenvalue weighted by atomic mass is 14.8. The van der Waals surface area contributed by atoms with Gasteiger partial charge in [-0.25, -0.2) is 0 Å². The van der Waals surface area contributed by atoms with Gasteiger partial charge >= 0.3 is 0 Å². The number of hydrogen-bond acceptors (Lipinski definition) is 2. The first-order valence-corrected chi connectivity index (χ1v) is 7.85. The molecule has 0 aliphatic heterocycles. The van der Waals surface area contributed by atoms with E-state index in [1.165, 1.54) is 24.1 Å². The molecule has 1 aromatic carbocycles. The van der Waals surface area contributed by atoms with Gasteiger partial charge in [0.2, 0.25) is 0 Å². The largest absolute Gasteiger partial charge is 0.391 e. The molecule has 2 N–H and O–H groups in total. The minimum atomic E-state index is 0.637. The summed E-state index contributed by atoms with van der Waals surface area (Å²) in [5, 5.41) is 13.4. The van der Waals surface area contributed by atoms with E-state index >= 15 is 0 Å². The van der Waals surface area contributed by atoms with Gasteiger partial charge in [0, 0.05) is 29.8 Å². The van der Waals surface area contributed by atoms with Crippen LogP contribution < -0.4 is 5.32 Å². The number of aromatic nitrogens is 1. The molecule has 0 saturated heterocycles. The van der Waals surface area contributed by atoms with Gasteiger partial charge in [0.25, 0.3) is 0 Å². The summed E-state index contributed by atoms with van der Waals surface area (Å²) in [6, 6.07) is 8.64. The highest BCUT2D eigenvalue weighted by Gasteiger charge is 2.10. The Bertz CT molecular complexity index is 759. The number of nitriles is 1. The summed E-state index contributed by atoms with van der Waals surface area (Å²) in [4.78, 5) is 3.14. The standard InChI is InChI=1S/C19H21N3/c1-21-17-7-3-6-14(10-17)4-2-5-15-8-9-19-18(11-15)16(12-20)13-22-19/h3,6-9,11,13-14,21-22H,2,4-5,10H2,1H3. The Balaban J connectivity index is 1.59. The summed E-state index contributed by atoms with van der Waals surface area (Å²) in [7, 11) is 1.99. The van der Waals surface area contributed by atoms with Gasteiger partial charge in [-0.3, -0.25) is 0 Å². The molecule has 1 aliphatic rings. The maximum atomic E-state index is 9.12. The molecule has 0 radical (unpaired) electrons. The fourth-order valence-electron chi connectivity index (χ4n) is 3.12. The molecule has 0 fully saturated rings. The van der Waals surface area contributed by atoms with Crippen LogP contribution in [0.5, 0.6) is 0 Å². The molecule has 0 amide bonds. The molecule has 3 rings (SSSR count). The molecule has 3 nitrogen and oxygen atoms in total. The Labute approximate surface area is 131 Å². The van der Waals surface area contributed by atoms with Crippen molar-refractivity contribution in [3.63, 3.8) is 0 Å². The van der Waals surface area contributed by atoms with Crippen molar-refractivity contribution in [2.45, 2.75) is 25.7 Å². The van der Waals surface area contributed by atoms with Crippen molar-refractivity contribution in [3.8, 4) is 6.07 Å². The second kappa shape index (κ2) is 6.53. The SMILES string of the molecule is CNC1=CC=CC(CCCc2ccc3[nH]cc(C#N)c3c2)C1. The Morgan fingerprint density at radius 2 is 2.32 bits per heavy atom. The van der Waals surface area contributed by atoms with Gasteiger partial charge in [-0.1, -0.05) is 18.2 Å². The number of nitrogens with one attached hydrogen (secondary N) is 2. The van der Waals surface area contributed by atoms with Crippen LogP contribution in [0.4, 0.5) is 0 Å². The van der Waals surface area contributed by atoms with E-state index in [9.17, 15) is 0 Å². The Hall–Kier alpha value is -2.47. The van der Waals surface area contributed by atoms with Gasteiger partial charge < -0.3 is 10.3 Å². The number of allylic oxidation sites excluding steroid dienone is 4. The molecular weight excluding hydrogens is 270 g/mol. The molecule has 2 aromatic rings.